The van der Waals surface area contributed by atoms with Gasteiger partial charge in [-0.05, 0) is 62.4 Å². The van der Waals surface area contributed by atoms with Crippen molar-refractivity contribution in [1.82, 2.24) is 5.32 Å². The Morgan fingerprint density at radius 3 is 2.20 bits per heavy atom. The fraction of sp³-hybridized carbons (Fsp3) is 0.667. The quantitative estimate of drug-likeness (QED) is 0.757. The second-order valence-electron chi connectivity index (χ2n) is 5.79. The molecule has 0 amide bonds. The minimum absolute atomic E-state index is 0.243. The van der Waals surface area contributed by atoms with Gasteiger partial charge in [0.05, 0.1) is 12.1 Å². The van der Waals surface area contributed by atoms with Crippen LogP contribution in [0.25, 0.3) is 0 Å². The Hall–Kier alpha value is -0.860. The van der Waals surface area contributed by atoms with E-state index in [1.165, 1.54) is 22.3 Å². The third-order valence-electron chi connectivity index (χ3n) is 4.08. The predicted octanol–water partition coefficient (Wildman–Crippen LogP) is 4.47. The Bertz CT molecular complexity index is 414. The Morgan fingerprint density at radius 2 is 1.65 bits per heavy atom. The van der Waals surface area contributed by atoms with Crippen molar-refractivity contribution < 1.29 is 4.74 Å². The zero-order chi connectivity index (χ0) is 15.1. The summed E-state index contributed by atoms with van der Waals surface area (Å²) in [5.41, 5.74) is 5.48. The van der Waals surface area contributed by atoms with E-state index in [0.29, 0.717) is 6.04 Å². The lowest BCUT2D eigenvalue weighted by molar-refractivity contribution is 0.0604. The molecule has 2 nitrogen and oxygen atoms in total. The second-order valence-corrected chi connectivity index (χ2v) is 5.79. The molecule has 0 aliphatic heterocycles. The molecule has 114 valence electrons. The van der Waals surface area contributed by atoms with Crippen molar-refractivity contribution in [3.05, 3.63) is 34.4 Å². The number of hydrogen-bond donors (Lipinski definition) is 1. The van der Waals surface area contributed by atoms with Crippen LogP contribution in [0, 0.1) is 20.8 Å². The standard InChI is InChI=1S/C18H31NO/c1-7-9-17(20-6)18(19-10-8-2)16-12-14(4)13(3)11-15(16)5/h11-12,17-19H,7-10H2,1-6H3. The van der Waals surface area contributed by atoms with Crippen LogP contribution in [0.15, 0.2) is 12.1 Å². The molecule has 0 aliphatic rings. The first kappa shape index (κ1) is 17.2. The van der Waals surface area contributed by atoms with Crippen LogP contribution in [0.2, 0.25) is 0 Å². The highest BCUT2D eigenvalue weighted by Crippen LogP contribution is 2.27. The maximum absolute atomic E-state index is 5.77. The highest BCUT2D eigenvalue weighted by molar-refractivity contribution is 5.38. The zero-order valence-electron chi connectivity index (χ0n) is 14.0. The van der Waals surface area contributed by atoms with Gasteiger partial charge in [0.1, 0.15) is 0 Å². The zero-order valence-corrected chi connectivity index (χ0v) is 14.0. The summed E-state index contributed by atoms with van der Waals surface area (Å²) in [6.07, 6.45) is 3.62. The fourth-order valence-electron chi connectivity index (χ4n) is 2.76. The number of benzene rings is 1. The highest BCUT2D eigenvalue weighted by Gasteiger charge is 2.23. The van der Waals surface area contributed by atoms with Gasteiger partial charge in [-0.3, -0.25) is 0 Å². The SMILES string of the molecule is CCCNC(c1cc(C)c(C)cc1C)C(CCC)OC. The Balaban J connectivity index is 3.11. The molecule has 0 fully saturated rings. The first-order valence-corrected chi connectivity index (χ1v) is 7.89. The van der Waals surface area contributed by atoms with Crippen LogP contribution in [-0.2, 0) is 4.74 Å². The molecule has 0 radical (unpaired) electrons. The number of methoxy groups -OCH3 is 1. The van der Waals surface area contributed by atoms with Crippen LogP contribution >= 0.6 is 0 Å². The van der Waals surface area contributed by atoms with Gasteiger partial charge in [0.25, 0.3) is 0 Å². The number of aryl methyl sites for hydroxylation is 3. The lowest BCUT2D eigenvalue weighted by Gasteiger charge is -2.29. The van der Waals surface area contributed by atoms with Crippen molar-refractivity contribution in [3.8, 4) is 0 Å². The third-order valence-corrected chi connectivity index (χ3v) is 4.08. The van der Waals surface area contributed by atoms with Crippen molar-refractivity contribution in [2.75, 3.05) is 13.7 Å². The molecule has 0 saturated heterocycles. The van der Waals surface area contributed by atoms with Gasteiger partial charge in [-0.25, -0.2) is 0 Å². The number of nitrogens with one attached hydrogen (secondary N) is 1. The van der Waals surface area contributed by atoms with Crippen LogP contribution in [-0.4, -0.2) is 19.8 Å². The van der Waals surface area contributed by atoms with E-state index >= 15 is 0 Å². The van der Waals surface area contributed by atoms with Crippen LogP contribution in [0.4, 0.5) is 0 Å². The summed E-state index contributed by atoms with van der Waals surface area (Å²) in [6, 6.07) is 4.92. The molecular formula is C18H31NO. The molecular weight excluding hydrogens is 246 g/mol. The highest BCUT2D eigenvalue weighted by atomic mass is 16.5. The number of rotatable bonds is 8. The Morgan fingerprint density at radius 1 is 1.00 bits per heavy atom. The summed E-state index contributed by atoms with van der Waals surface area (Å²) in [4.78, 5) is 0. The largest absolute Gasteiger partial charge is 0.379 e. The van der Waals surface area contributed by atoms with Crippen LogP contribution < -0.4 is 5.32 Å². The molecule has 2 atom stereocenters. The molecule has 0 bridgehead atoms. The van der Waals surface area contributed by atoms with E-state index in [9.17, 15) is 0 Å². The minimum Gasteiger partial charge on any atom is -0.379 e. The summed E-state index contributed by atoms with van der Waals surface area (Å²) in [5.74, 6) is 0. The molecule has 2 unspecified atom stereocenters. The lowest BCUT2D eigenvalue weighted by Crippen LogP contribution is -2.34. The molecule has 1 rings (SSSR count). The third kappa shape index (κ3) is 4.32. The van der Waals surface area contributed by atoms with E-state index in [0.717, 1.165) is 25.8 Å². The van der Waals surface area contributed by atoms with Gasteiger partial charge in [-0.1, -0.05) is 32.4 Å². The smallest absolute Gasteiger partial charge is 0.0765 e. The normalized spacial score (nSPS) is 14.3. The van der Waals surface area contributed by atoms with Gasteiger partial charge in [0, 0.05) is 7.11 Å². The molecule has 1 aromatic rings. The molecule has 0 aromatic heterocycles. The van der Waals surface area contributed by atoms with Crippen molar-refractivity contribution in [1.29, 1.82) is 0 Å². The molecule has 0 saturated carbocycles. The summed E-state index contributed by atoms with van der Waals surface area (Å²) >= 11 is 0. The van der Waals surface area contributed by atoms with Crippen molar-refractivity contribution in [2.24, 2.45) is 0 Å². The molecule has 0 aliphatic carbocycles. The van der Waals surface area contributed by atoms with E-state index in [1.54, 1.807) is 0 Å². The van der Waals surface area contributed by atoms with E-state index in [4.69, 9.17) is 4.74 Å². The van der Waals surface area contributed by atoms with E-state index < -0.39 is 0 Å². The minimum atomic E-state index is 0.243. The van der Waals surface area contributed by atoms with E-state index in [2.05, 4.69) is 52.1 Å². The Labute approximate surface area is 124 Å². The van der Waals surface area contributed by atoms with Crippen LogP contribution in [0.3, 0.4) is 0 Å². The first-order chi connectivity index (χ1) is 9.54. The van der Waals surface area contributed by atoms with E-state index in [-0.39, 0.29) is 6.10 Å². The molecule has 1 aromatic carbocycles. The van der Waals surface area contributed by atoms with Crippen molar-refractivity contribution in [2.45, 2.75) is 66.0 Å². The molecule has 20 heavy (non-hydrogen) atoms. The maximum atomic E-state index is 5.77. The Kier molecular flexibility index (Phi) is 7.25. The summed E-state index contributed by atoms with van der Waals surface area (Å²) in [7, 11) is 1.83. The van der Waals surface area contributed by atoms with Gasteiger partial charge < -0.3 is 10.1 Å². The monoisotopic (exact) mass is 277 g/mol. The van der Waals surface area contributed by atoms with Crippen molar-refractivity contribution >= 4 is 0 Å². The molecule has 0 spiro atoms. The van der Waals surface area contributed by atoms with Gasteiger partial charge >= 0.3 is 0 Å². The average molecular weight is 277 g/mol. The topological polar surface area (TPSA) is 21.3 Å². The number of ether oxygens (including phenoxy) is 1. The first-order valence-electron chi connectivity index (χ1n) is 7.89. The average Bonchev–Trinajstić information content (AvgIpc) is 2.42. The van der Waals surface area contributed by atoms with Gasteiger partial charge in [-0.15, -0.1) is 0 Å². The molecule has 0 heterocycles. The summed E-state index contributed by atoms with van der Waals surface area (Å²) in [6.45, 7) is 12.0. The lowest BCUT2D eigenvalue weighted by atomic mass is 9.91. The van der Waals surface area contributed by atoms with Crippen LogP contribution in [0.5, 0.6) is 0 Å². The summed E-state index contributed by atoms with van der Waals surface area (Å²) < 4.78 is 5.77. The second kappa shape index (κ2) is 8.43. The van der Waals surface area contributed by atoms with Crippen LogP contribution in [0.1, 0.15) is 61.4 Å². The maximum Gasteiger partial charge on any atom is 0.0765 e. The van der Waals surface area contributed by atoms with Crippen molar-refractivity contribution in [3.63, 3.8) is 0 Å². The predicted molar refractivity (Wildman–Crippen MR) is 87.4 cm³/mol. The number of hydrogen-bond acceptors (Lipinski definition) is 2. The van der Waals surface area contributed by atoms with Gasteiger partial charge in [0.15, 0.2) is 0 Å². The fourth-order valence-corrected chi connectivity index (χ4v) is 2.76. The molecule has 1 N–H and O–H groups in total. The molecule has 2 heteroatoms. The van der Waals surface area contributed by atoms with E-state index in [1.807, 2.05) is 7.11 Å². The van der Waals surface area contributed by atoms with Gasteiger partial charge in [-0.2, -0.15) is 0 Å². The van der Waals surface area contributed by atoms with Gasteiger partial charge in [0.2, 0.25) is 0 Å². The summed E-state index contributed by atoms with van der Waals surface area (Å²) in [5, 5.41) is 3.68.